The number of fused-ring (bicyclic) bond motifs is 1. The van der Waals surface area contributed by atoms with Gasteiger partial charge in [-0.3, -0.25) is 0 Å². The van der Waals surface area contributed by atoms with Crippen LogP contribution in [-0.4, -0.2) is 6.10 Å². The zero-order valence-corrected chi connectivity index (χ0v) is 12.9. The number of aryl methyl sites for hydroxylation is 2. The van der Waals surface area contributed by atoms with Crippen LogP contribution in [0.4, 0.5) is 5.69 Å². The van der Waals surface area contributed by atoms with E-state index in [1.165, 1.54) is 41.6 Å². The molecule has 0 spiro atoms. The number of anilines is 1. The highest BCUT2D eigenvalue weighted by Crippen LogP contribution is 2.26. The van der Waals surface area contributed by atoms with Crippen molar-refractivity contribution in [2.45, 2.75) is 45.8 Å². The molecule has 0 bridgehead atoms. The molecule has 0 fully saturated rings. The maximum atomic E-state index is 5.87. The van der Waals surface area contributed by atoms with Gasteiger partial charge in [0.15, 0.2) is 0 Å². The van der Waals surface area contributed by atoms with Gasteiger partial charge in [0.2, 0.25) is 0 Å². The lowest BCUT2D eigenvalue weighted by Crippen LogP contribution is -2.09. The molecule has 0 saturated heterocycles. The van der Waals surface area contributed by atoms with Crippen LogP contribution in [0, 0.1) is 0 Å². The summed E-state index contributed by atoms with van der Waals surface area (Å²) in [7, 11) is 0. The fraction of sp³-hybridized carbons (Fsp3) is 0.368. The minimum absolute atomic E-state index is 0.200. The Bertz CT molecular complexity index is 619. The zero-order valence-electron chi connectivity index (χ0n) is 12.9. The van der Waals surface area contributed by atoms with Crippen LogP contribution in [0.1, 0.15) is 37.0 Å². The minimum Gasteiger partial charge on any atom is -0.491 e. The third-order valence-corrected chi connectivity index (χ3v) is 3.92. The van der Waals surface area contributed by atoms with Gasteiger partial charge >= 0.3 is 0 Å². The molecule has 0 aromatic heterocycles. The van der Waals surface area contributed by atoms with Crippen molar-refractivity contribution in [3.05, 3.63) is 59.2 Å². The van der Waals surface area contributed by atoms with Gasteiger partial charge < -0.3 is 10.1 Å². The Balaban J connectivity index is 1.70. The van der Waals surface area contributed by atoms with Crippen molar-refractivity contribution < 1.29 is 4.74 Å². The molecule has 0 aliphatic heterocycles. The summed E-state index contributed by atoms with van der Waals surface area (Å²) in [6.45, 7) is 4.91. The molecule has 21 heavy (non-hydrogen) atoms. The highest BCUT2D eigenvalue weighted by Gasteiger charge is 2.11. The minimum atomic E-state index is 0.200. The molecule has 2 nitrogen and oxygen atoms in total. The topological polar surface area (TPSA) is 21.3 Å². The summed E-state index contributed by atoms with van der Waals surface area (Å²) in [4.78, 5) is 0. The van der Waals surface area contributed by atoms with E-state index in [2.05, 4.69) is 49.5 Å². The first kappa shape index (κ1) is 14.0. The summed E-state index contributed by atoms with van der Waals surface area (Å²) in [5, 5.41) is 3.52. The van der Waals surface area contributed by atoms with Crippen LogP contribution in [0.5, 0.6) is 5.75 Å². The quantitative estimate of drug-likeness (QED) is 0.866. The van der Waals surface area contributed by atoms with Crippen molar-refractivity contribution in [3.8, 4) is 5.75 Å². The summed E-state index contributed by atoms with van der Waals surface area (Å²) >= 11 is 0. The van der Waals surface area contributed by atoms with Gasteiger partial charge in [0.1, 0.15) is 5.75 Å². The molecule has 2 heteroatoms. The average Bonchev–Trinajstić information content (AvgIpc) is 2.93. The summed E-state index contributed by atoms with van der Waals surface area (Å²) in [5.74, 6) is 0.973. The zero-order chi connectivity index (χ0) is 14.7. The fourth-order valence-corrected chi connectivity index (χ4v) is 2.90. The summed E-state index contributed by atoms with van der Waals surface area (Å²) in [5.41, 5.74) is 5.43. The molecular weight excluding hydrogens is 258 g/mol. The molecule has 2 aromatic carbocycles. The third-order valence-electron chi connectivity index (χ3n) is 3.92. The van der Waals surface area contributed by atoms with E-state index in [0.29, 0.717) is 0 Å². The van der Waals surface area contributed by atoms with Crippen molar-refractivity contribution in [2.24, 2.45) is 0 Å². The van der Waals surface area contributed by atoms with E-state index in [9.17, 15) is 0 Å². The van der Waals surface area contributed by atoms with Gasteiger partial charge in [-0.15, -0.1) is 0 Å². The van der Waals surface area contributed by atoms with E-state index in [1.807, 2.05) is 12.1 Å². The van der Waals surface area contributed by atoms with Crippen LogP contribution >= 0.6 is 0 Å². The Morgan fingerprint density at radius 3 is 2.71 bits per heavy atom. The number of rotatable bonds is 5. The highest BCUT2D eigenvalue weighted by molar-refractivity contribution is 5.51. The molecule has 1 aliphatic carbocycles. The van der Waals surface area contributed by atoms with Gasteiger partial charge in [0, 0.05) is 17.8 Å². The van der Waals surface area contributed by atoms with E-state index in [1.54, 1.807) is 0 Å². The van der Waals surface area contributed by atoms with Gasteiger partial charge in [0.25, 0.3) is 0 Å². The standard InChI is InChI=1S/C19H23NO/c1-14(2)21-19-9-4-3-6-17(19)13-20-18-11-10-15-7-5-8-16(15)12-18/h3-4,6,9-12,14,20H,5,7-8,13H2,1-2H3. The molecule has 110 valence electrons. The smallest absolute Gasteiger partial charge is 0.124 e. The first-order valence-corrected chi connectivity index (χ1v) is 7.82. The second-order valence-electron chi connectivity index (χ2n) is 5.96. The molecule has 0 radical (unpaired) electrons. The Labute approximate surface area is 127 Å². The highest BCUT2D eigenvalue weighted by atomic mass is 16.5. The van der Waals surface area contributed by atoms with Crippen molar-refractivity contribution in [1.82, 2.24) is 0 Å². The lowest BCUT2D eigenvalue weighted by molar-refractivity contribution is 0.240. The van der Waals surface area contributed by atoms with Gasteiger partial charge in [-0.25, -0.2) is 0 Å². The van der Waals surface area contributed by atoms with Crippen LogP contribution in [0.15, 0.2) is 42.5 Å². The summed E-state index contributed by atoms with van der Waals surface area (Å²) in [6, 6.07) is 15.0. The molecule has 0 heterocycles. The average molecular weight is 281 g/mol. The number of nitrogens with one attached hydrogen (secondary N) is 1. The number of para-hydroxylation sites is 1. The van der Waals surface area contributed by atoms with Crippen molar-refractivity contribution in [3.63, 3.8) is 0 Å². The largest absolute Gasteiger partial charge is 0.491 e. The van der Waals surface area contributed by atoms with Crippen LogP contribution < -0.4 is 10.1 Å². The van der Waals surface area contributed by atoms with E-state index in [4.69, 9.17) is 4.74 Å². The molecule has 0 unspecified atom stereocenters. The van der Waals surface area contributed by atoms with Crippen molar-refractivity contribution >= 4 is 5.69 Å². The van der Waals surface area contributed by atoms with Crippen LogP contribution in [0.25, 0.3) is 0 Å². The van der Waals surface area contributed by atoms with Gasteiger partial charge in [-0.05, 0) is 62.4 Å². The van der Waals surface area contributed by atoms with Crippen molar-refractivity contribution in [2.75, 3.05) is 5.32 Å². The van der Waals surface area contributed by atoms with E-state index < -0.39 is 0 Å². The first-order valence-electron chi connectivity index (χ1n) is 7.82. The van der Waals surface area contributed by atoms with Crippen LogP contribution in [0.2, 0.25) is 0 Å². The molecule has 1 N–H and O–H groups in total. The molecule has 0 amide bonds. The lowest BCUT2D eigenvalue weighted by Gasteiger charge is -2.15. The Hall–Kier alpha value is -1.96. The molecule has 0 saturated carbocycles. The molecule has 1 aliphatic rings. The van der Waals surface area contributed by atoms with Crippen molar-refractivity contribution in [1.29, 1.82) is 0 Å². The number of hydrogen-bond acceptors (Lipinski definition) is 2. The second kappa shape index (κ2) is 6.21. The van der Waals surface area contributed by atoms with Crippen LogP contribution in [-0.2, 0) is 19.4 Å². The number of hydrogen-bond donors (Lipinski definition) is 1. The maximum Gasteiger partial charge on any atom is 0.124 e. The Morgan fingerprint density at radius 2 is 1.86 bits per heavy atom. The number of ether oxygens (including phenoxy) is 1. The SMILES string of the molecule is CC(C)Oc1ccccc1CNc1ccc2c(c1)CCC2. The second-order valence-corrected chi connectivity index (χ2v) is 5.96. The van der Waals surface area contributed by atoms with E-state index >= 15 is 0 Å². The van der Waals surface area contributed by atoms with E-state index in [0.717, 1.165) is 12.3 Å². The Kier molecular flexibility index (Phi) is 4.14. The molecule has 0 atom stereocenters. The molecule has 2 aromatic rings. The lowest BCUT2D eigenvalue weighted by atomic mass is 10.1. The maximum absolute atomic E-state index is 5.87. The third kappa shape index (κ3) is 3.38. The molecule has 3 rings (SSSR count). The summed E-state index contributed by atoms with van der Waals surface area (Å²) in [6.07, 6.45) is 3.95. The fourth-order valence-electron chi connectivity index (χ4n) is 2.90. The summed E-state index contributed by atoms with van der Waals surface area (Å²) < 4.78 is 5.87. The molecular formula is C19H23NO. The number of benzene rings is 2. The van der Waals surface area contributed by atoms with Gasteiger partial charge in [0.05, 0.1) is 6.10 Å². The predicted molar refractivity (Wildman–Crippen MR) is 88.0 cm³/mol. The van der Waals surface area contributed by atoms with Crippen LogP contribution in [0.3, 0.4) is 0 Å². The first-order chi connectivity index (χ1) is 10.2. The van der Waals surface area contributed by atoms with E-state index in [-0.39, 0.29) is 6.10 Å². The van der Waals surface area contributed by atoms with Gasteiger partial charge in [-0.2, -0.15) is 0 Å². The predicted octanol–water partition coefficient (Wildman–Crippen LogP) is 4.57. The monoisotopic (exact) mass is 281 g/mol. The normalized spacial score (nSPS) is 13.3. The van der Waals surface area contributed by atoms with Gasteiger partial charge in [-0.1, -0.05) is 24.3 Å². The Morgan fingerprint density at radius 1 is 1.05 bits per heavy atom.